The van der Waals surface area contributed by atoms with Crippen molar-refractivity contribution in [2.75, 3.05) is 20.8 Å². The molecule has 0 amide bonds. The third-order valence-corrected chi connectivity index (χ3v) is 4.48. The lowest BCUT2D eigenvalue weighted by Crippen LogP contribution is -2.09. The van der Waals surface area contributed by atoms with Crippen LogP contribution in [0.5, 0.6) is 11.5 Å². The molecule has 1 aromatic rings. The Morgan fingerprint density at radius 1 is 1.16 bits per heavy atom. The van der Waals surface area contributed by atoms with E-state index in [-0.39, 0.29) is 12.4 Å². The summed E-state index contributed by atoms with van der Waals surface area (Å²) in [5, 5.41) is 0. The van der Waals surface area contributed by atoms with E-state index in [4.69, 9.17) is 15.2 Å². The summed E-state index contributed by atoms with van der Waals surface area (Å²) in [6.07, 6.45) is 4.72. The van der Waals surface area contributed by atoms with Gasteiger partial charge in [0.15, 0.2) is 0 Å². The molecule has 3 rings (SSSR count). The number of ether oxygens (including phenoxy) is 2. The Bertz CT molecular complexity index is 476. The average Bonchev–Trinajstić information content (AvgIpc) is 2.99. The minimum absolute atomic E-state index is 0. The fraction of sp³-hybridized carbons (Fsp3) is 0.600. The molecule has 19 heavy (non-hydrogen) atoms. The third-order valence-electron chi connectivity index (χ3n) is 4.48. The molecule has 2 aliphatic rings. The highest BCUT2D eigenvalue weighted by Crippen LogP contribution is 2.59. The Kier molecular flexibility index (Phi) is 4.26. The summed E-state index contributed by atoms with van der Waals surface area (Å²) in [5.41, 5.74) is 9.72. The van der Waals surface area contributed by atoms with Crippen LogP contribution < -0.4 is 15.2 Å². The van der Waals surface area contributed by atoms with Gasteiger partial charge in [-0.1, -0.05) is 0 Å². The van der Waals surface area contributed by atoms with Crippen molar-refractivity contribution in [1.29, 1.82) is 0 Å². The molecule has 2 N–H and O–H groups in total. The number of halogens is 1. The van der Waals surface area contributed by atoms with Crippen LogP contribution in [0.25, 0.3) is 0 Å². The van der Waals surface area contributed by atoms with E-state index < -0.39 is 0 Å². The number of methoxy groups -OCH3 is 2. The molecule has 1 aromatic carbocycles. The van der Waals surface area contributed by atoms with Crippen molar-refractivity contribution in [3.05, 3.63) is 22.8 Å². The van der Waals surface area contributed by atoms with Crippen molar-refractivity contribution in [3.63, 3.8) is 0 Å². The Balaban J connectivity index is 0.00000133. The summed E-state index contributed by atoms with van der Waals surface area (Å²) in [6, 6.07) is 2.13. The molecule has 2 aliphatic carbocycles. The second-order valence-electron chi connectivity index (χ2n) is 5.34. The number of nitrogens with two attached hydrogens (primary N) is 1. The summed E-state index contributed by atoms with van der Waals surface area (Å²) >= 11 is 0. The van der Waals surface area contributed by atoms with Gasteiger partial charge in [0.05, 0.1) is 14.2 Å². The van der Waals surface area contributed by atoms with E-state index in [0.29, 0.717) is 18.4 Å². The van der Waals surface area contributed by atoms with Gasteiger partial charge in [0.2, 0.25) is 0 Å². The molecule has 2 bridgehead atoms. The maximum atomic E-state index is 5.70. The van der Waals surface area contributed by atoms with Crippen LogP contribution in [-0.2, 0) is 6.42 Å². The van der Waals surface area contributed by atoms with Crippen molar-refractivity contribution in [2.24, 2.45) is 5.73 Å². The van der Waals surface area contributed by atoms with Gasteiger partial charge in [0.1, 0.15) is 11.5 Å². The number of fused-ring (bicyclic) bond motifs is 5. The predicted molar refractivity (Wildman–Crippen MR) is 78.9 cm³/mol. The topological polar surface area (TPSA) is 44.5 Å². The fourth-order valence-electron chi connectivity index (χ4n) is 3.81. The van der Waals surface area contributed by atoms with Gasteiger partial charge in [0.25, 0.3) is 0 Å². The van der Waals surface area contributed by atoms with Crippen molar-refractivity contribution < 1.29 is 9.47 Å². The van der Waals surface area contributed by atoms with E-state index in [9.17, 15) is 0 Å². The predicted octanol–water partition coefficient (Wildman–Crippen LogP) is 2.99. The Morgan fingerprint density at radius 3 is 2.42 bits per heavy atom. The Morgan fingerprint density at radius 2 is 1.84 bits per heavy atom. The minimum atomic E-state index is 0. The van der Waals surface area contributed by atoms with Crippen LogP contribution in [0.15, 0.2) is 6.07 Å². The highest BCUT2D eigenvalue weighted by atomic mass is 35.5. The summed E-state index contributed by atoms with van der Waals surface area (Å²) in [6.45, 7) is 0.645. The van der Waals surface area contributed by atoms with E-state index in [0.717, 1.165) is 17.9 Å². The van der Waals surface area contributed by atoms with E-state index >= 15 is 0 Å². The summed E-state index contributed by atoms with van der Waals surface area (Å²) in [5.74, 6) is 3.47. The van der Waals surface area contributed by atoms with Crippen LogP contribution in [-0.4, -0.2) is 20.8 Å². The standard InChI is InChI=1S/C15H21NO2.ClH/c1-17-12-8-11(5-6-16)15(18-2)14-10-4-3-9(7-10)13(12)14;/h8-10H,3-7,16H2,1-2H3;1H. The van der Waals surface area contributed by atoms with Gasteiger partial charge < -0.3 is 15.2 Å². The Hall–Kier alpha value is -0.930. The van der Waals surface area contributed by atoms with E-state index in [1.165, 1.54) is 36.0 Å². The van der Waals surface area contributed by atoms with Crippen molar-refractivity contribution >= 4 is 12.4 Å². The number of hydrogen-bond donors (Lipinski definition) is 1. The summed E-state index contributed by atoms with van der Waals surface area (Å²) in [4.78, 5) is 0. The van der Waals surface area contributed by atoms with Gasteiger partial charge in [-0.15, -0.1) is 12.4 Å². The average molecular weight is 284 g/mol. The molecule has 0 spiro atoms. The van der Waals surface area contributed by atoms with Gasteiger partial charge in [-0.2, -0.15) is 0 Å². The fourth-order valence-corrected chi connectivity index (χ4v) is 3.81. The van der Waals surface area contributed by atoms with Crippen molar-refractivity contribution in [1.82, 2.24) is 0 Å². The molecule has 2 atom stereocenters. The molecule has 0 radical (unpaired) electrons. The molecule has 2 unspecified atom stereocenters. The molecule has 0 aromatic heterocycles. The first-order valence-corrected chi connectivity index (χ1v) is 6.77. The van der Waals surface area contributed by atoms with E-state index in [1.54, 1.807) is 14.2 Å². The molecule has 0 heterocycles. The highest BCUT2D eigenvalue weighted by molar-refractivity contribution is 5.85. The van der Waals surface area contributed by atoms with Gasteiger partial charge in [-0.25, -0.2) is 0 Å². The zero-order valence-corrected chi connectivity index (χ0v) is 12.4. The van der Waals surface area contributed by atoms with Crippen LogP contribution in [0.3, 0.4) is 0 Å². The van der Waals surface area contributed by atoms with Crippen molar-refractivity contribution in [2.45, 2.75) is 37.5 Å². The first kappa shape index (κ1) is 14.5. The van der Waals surface area contributed by atoms with Crippen LogP contribution in [0.1, 0.15) is 47.8 Å². The van der Waals surface area contributed by atoms with Crippen LogP contribution in [0.4, 0.5) is 0 Å². The molecule has 4 heteroatoms. The first-order chi connectivity index (χ1) is 8.80. The Labute approximate surface area is 120 Å². The maximum Gasteiger partial charge on any atom is 0.126 e. The van der Waals surface area contributed by atoms with Crippen LogP contribution in [0, 0.1) is 0 Å². The lowest BCUT2D eigenvalue weighted by atomic mass is 9.88. The third kappa shape index (κ3) is 2.09. The van der Waals surface area contributed by atoms with Gasteiger partial charge in [0, 0.05) is 11.1 Å². The van der Waals surface area contributed by atoms with Crippen LogP contribution >= 0.6 is 12.4 Å². The lowest BCUT2D eigenvalue weighted by molar-refractivity contribution is 0.387. The molecule has 0 aliphatic heterocycles. The minimum Gasteiger partial charge on any atom is -0.496 e. The molecule has 1 saturated carbocycles. The molecule has 3 nitrogen and oxygen atoms in total. The first-order valence-electron chi connectivity index (χ1n) is 6.77. The largest absolute Gasteiger partial charge is 0.496 e. The highest BCUT2D eigenvalue weighted by Gasteiger charge is 2.41. The molecular formula is C15H22ClNO2. The normalized spacial score (nSPS) is 22.9. The molecule has 106 valence electrons. The van der Waals surface area contributed by atoms with Gasteiger partial charge >= 0.3 is 0 Å². The van der Waals surface area contributed by atoms with Gasteiger partial charge in [-0.05, 0) is 55.7 Å². The number of hydrogen-bond acceptors (Lipinski definition) is 3. The maximum absolute atomic E-state index is 5.70. The quantitative estimate of drug-likeness (QED) is 0.924. The smallest absolute Gasteiger partial charge is 0.126 e. The van der Waals surface area contributed by atoms with Crippen molar-refractivity contribution in [3.8, 4) is 11.5 Å². The summed E-state index contributed by atoms with van der Waals surface area (Å²) in [7, 11) is 3.54. The number of rotatable bonds is 4. The lowest BCUT2D eigenvalue weighted by Gasteiger charge is -2.23. The molecule has 1 fully saturated rings. The summed E-state index contributed by atoms with van der Waals surface area (Å²) < 4.78 is 11.3. The zero-order valence-electron chi connectivity index (χ0n) is 11.6. The second-order valence-corrected chi connectivity index (χ2v) is 5.34. The van der Waals surface area contributed by atoms with Crippen LogP contribution in [0.2, 0.25) is 0 Å². The van der Waals surface area contributed by atoms with Gasteiger partial charge in [-0.3, -0.25) is 0 Å². The monoisotopic (exact) mass is 283 g/mol. The number of benzene rings is 1. The second kappa shape index (κ2) is 5.59. The molecule has 0 saturated heterocycles. The molecular weight excluding hydrogens is 262 g/mol. The zero-order chi connectivity index (χ0) is 12.7. The SMILES string of the molecule is COc1cc(CCN)c(OC)c2c1C1CCC2C1.Cl. The van der Waals surface area contributed by atoms with E-state index in [1.807, 2.05) is 0 Å². The van der Waals surface area contributed by atoms with E-state index in [2.05, 4.69) is 6.07 Å².